The number of carbonyl (C=O) groups is 1. The second-order valence-corrected chi connectivity index (χ2v) is 8.15. The smallest absolute Gasteiger partial charge is 0.224 e. The number of amides is 1. The number of fused-ring (bicyclic) bond motifs is 1. The first-order valence-electron chi connectivity index (χ1n) is 7.67. The summed E-state index contributed by atoms with van der Waals surface area (Å²) in [5.41, 5.74) is 1.04. The first-order valence-corrected chi connectivity index (χ1v) is 9.43. The minimum absolute atomic E-state index is 0.288. The zero-order valence-electron chi connectivity index (χ0n) is 12.6. The highest BCUT2D eigenvalue weighted by Gasteiger charge is 2.46. The lowest BCUT2D eigenvalue weighted by atomic mass is 10.1. The Hall–Kier alpha value is -1.24. The summed E-state index contributed by atoms with van der Waals surface area (Å²) in [7, 11) is 0. The lowest BCUT2D eigenvalue weighted by molar-refractivity contribution is -0.129. The van der Waals surface area contributed by atoms with E-state index in [1.165, 1.54) is 4.88 Å². The lowest BCUT2D eigenvalue weighted by Gasteiger charge is -2.24. The van der Waals surface area contributed by atoms with Gasteiger partial charge in [0.15, 0.2) is 0 Å². The van der Waals surface area contributed by atoms with Crippen molar-refractivity contribution in [2.24, 2.45) is 0 Å². The van der Waals surface area contributed by atoms with Crippen molar-refractivity contribution in [2.45, 2.75) is 44.9 Å². The summed E-state index contributed by atoms with van der Waals surface area (Å²) in [5, 5.41) is 5.28. The molecule has 0 bridgehead atoms. The summed E-state index contributed by atoms with van der Waals surface area (Å²) >= 11 is 3.46. The van der Waals surface area contributed by atoms with Crippen molar-refractivity contribution in [3.05, 3.63) is 38.5 Å². The largest absolute Gasteiger partial charge is 0.332 e. The van der Waals surface area contributed by atoms with Gasteiger partial charge in [-0.3, -0.25) is 9.69 Å². The van der Waals surface area contributed by atoms with E-state index in [9.17, 15) is 4.79 Å². The molecule has 6 heteroatoms. The molecule has 0 aliphatic carbocycles. The predicted octanol–water partition coefficient (Wildman–Crippen LogP) is 2.89. The number of carbonyl (C=O) groups excluding carboxylic acids is 1. The zero-order valence-corrected chi connectivity index (χ0v) is 14.2. The van der Waals surface area contributed by atoms with Crippen LogP contribution in [-0.2, 0) is 17.9 Å². The van der Waals surface area contributed by atoms with Gasteiger partial charge in [-0.05, 0) is 24.8 Å². The van der Waals surface area contributed by atoms with E-state index in [0.29, 0.717) is 25.0 Å². The summed E-state index contributed by atoms with van der Waals surface area (Å²) in [6.07, 6.45) is 1.75. The maximum Gasteiger partial charge on any atom is 0.224 e. The molecule has 2 aromatic rings. The summed E-state index contributed by atoms with van der Waals surface area (Å²) in [4.78, 5) is 22.9. The topological polar surface area (TPSA) is 36.4 Å². The fourth-order valence-corrected chi connectivity index (χ4v) is 5.00. The second kappa shape index (κ2) is 5.76. The third-order valence-electron chi connectivity index (χ3n) is 4.67. The van der Waals surface area contributed by atoms with Gasteiger partial charge in [0.05, 0.1) is 17.2 Å². The van der Waals surface area contributed by atoms with E-state index in [1.54, 1.807) is 22.7 Å². The van der Waals surface area contributed by atoms with Crippen LogP contribution in [0.4, 0.5) is 0 Å². The normalized spacial score (nSPS) is 25.1. The Kier molecular flexibility index (Phi) is 3.76. The summed E-state index contributed by atoms with van der Waals surface area (Å²) < 4.78 is 0. The van der Waals surface area contributed by atoms with Gasteiger partial charge in [-0.15, -0.1) is 22.7 Å². The predicted molar refractivity (Wildman–Crippen MR) is 88.9 cm³/mol. The maximum absolute atomic E-state index is 12.4. The van der Waals surface area contributed by atoms with E-state index in [0.717, 1.165) is 30.2 Å². The molecule has 2 aliphatic rings. The average Bonchev–Trinajstić information content (AvgIpc) is 3.23. The van der Waals surface area contributed by atoms with Crippen LogP contribution in [0.15, 0.2) is 22.9 Å². The Bertz CT molecular complexity index is 667. The van der Waals surface area contributed by atoms with Gasteiger partial charge >= 0.3 is 0 Å². The number of thiophene rings is 1. The van der Waals surface area contributed by atoms with Crippen LogP contribution in [-0.4, -0.2) is 39.3 Å². The van der Waals surface area contributed by atoms with Crippen LogP contribution in [0.5, 0.6) is 0 Å². The molecule has 1 amide bonds. The molecule has 2 fully saturated rings. The molecular formula is C16H19N3OS2. The number of nitrogens with zero attached hydrogens (tertiary/aromatic N) is 3. The number of likely N-dealkylation sites (tertiary alicyclic amines) is 2. The fourth-order valence-electron chi connectivity index (χ4n) is 3.67. The van der Waals surface area contributed by atoms with Crippen LogP contribution in [0.3, 0.4) is 0 Å². The Labute approximate surface area is 138 Å². The van der Waals surface area contributed by atoms with Crippen molar-refractivity contribution in [3.63, 3.8) is 0 Å². The minimum atomic E-state index is 0.288. The highest BCUT2D eigenvalue weighted by atomic mass is 32.1. The molecule has 116 valence electrons. The third-order valence-corrected chi connectivity index (χ3v) is 6.35. The van der Waals surface area contributed by atoms with Gasteiger partial charge in [0.2, 0.25) is 5.91 Å². The minimum Gasteiger partial charge on any atom is -0.332 e. The second-order valence-electron chi connectivity index (χ2n) is 6.06. The third kappa shape index (κ3) is 2.59. The molecule has 0 N–H and O–H groups in total. The van der Waals surface area contributed by atoms with Gasteiger partial charge in [0, 0.05) is 41.9 Å². The highest BCUT2D eigenvalue weighted by molar-refractivity contribution is 7.10. The van der Waals surface area contributed by atoms with Crippen LogP contribution < -0.4 is 0 Å². The number of aromatic nitrogens is 1. The van der Waals surface area contributed by atoms with Crippen molar-refractivity contribution in [1.82, 2.24) is 14.8 Å². The molecule has 2 aromatic heterocycles. The first kappa shape index (κ1) is 14.4. The molecule has 4 rings (SSSR count). The van der Waals surface area contributed by atoms with Crippen LogP contribution >= 0.6 is 22.7 Å². The van der Waals surface area contributed by atoms with E-state index in [4.69, 9.17) is 0 Å². The summed E-state index contributed by atoms with van der Waals surface area (Å²) in [6.45, 7) is 4.77. The number of hydrogen-bond acceptors (Lipinski definition) is 5. The van der Waals surface area contributed by atoms with E-state index in [2.05, 4.69) is 37.7 Å². The van der Waals surface area contributed by atoms with E-state index >= 15 is 0 Å². The molecule has 0 spiro atoms. The molecule has 2 unspecified atom stereocenters. The van der Waals surface area contributed by atoms with Gasteiger partial charge in [-0.2, -0.15) is 0 Å². The Morgan fingerprint density at radius 1 is 1.32 bits per heavy atom. The van der Waals surface area contributed by atoms with Crippen LogP contribution in [0.25, 0.3) is 0 Å². The number of rotatable bonds is 4. The van der Waals surface area contributed by atoms with E-state index < -0.39 is 0 Å². The molecule has 2 aliphatic heterocycles. The van der Waals surface area contributed by atoms with Crippen molar-refractivity contribution < 1.29 is 4.79 Å². The lowest BCUT2D eigenvalue weighted by Crippen LogP contribution is -2.36. The molecular weight excluding hydrogens is 314 g/mol. The molecule has 2 atom stereocenters. The van der Waals surface area contributed by atoms with Gasteiger partial charge in [0.25, 0.3) is 0 Å². The van der Waals surface area contributed by atoms with Crippen LogP contribution in [0.1, 0.15) is 28.4 Å². The van der Waals surface area contributed by atoms with Crippen molar-refractivity contribution in [1.29, 1.82) is 0 Å². The van der Waals surface area contributed by atoms with Crippen molar-refractivity contribution >= 4 is 28.6 Å². The SMILES string of the molecule is Cc1nc(CN2C(=O)CC3C2CCN3Cc2cccs2)cs1. The monoisotopic (exact) mass is 333 g/mol. The van der Waals surface area contributed by atoms with Gasteiger partial charge in [0.1, 0.15) is 0 Å². The maximum atomic E-state index is 12.4. The number of thiazole rings is 1. The molecule has 22 heavy (non-hydrogen) atoms. The van der Waals surface area contributed by atoms with E-state index in [1.807, 2.05) is 6.92 Å². The average molecular weight is 333 g/mol. The van der Waals surface area contributed by atoms with Gasteiger partial charge < -0.3 is 4.90 Å². The molecule has 4 nitrogen and oxygen atoms in total. The molecule has 0 aromatic carbocycles. The van der Waals surface area contributed by atoms with Gasteiger partial charge in [-0.25, -0.2) is 4.98 Å². The summed E-state index contributed by atoms with van der Waals surface area (Å²) in [6, 6.07) is 5.04. The van der Waals surface area contributed by atoms with Crippen LogP contribution in [0, 0.1) is 6.92 Å². The number of aryl methyl sites for hydroxylation is 1. The van der Waals surface area contributed by atoms with Crippen LogP contribution in [0.2, 0.25) is 0 Å². The molecule has 4 heterocycles. The Balaban J connectivity index is 1.47. The standard InChI is InChI=1S/C16H19N3OS2/c1-11-17-12(10-22-11)8-19-14-4-5-18(15(14)7-16(19)20)9-13-3-2-6-21-13/h2-3,6,10,14-15H,4-5,7-9H2,1H3. The van der Waals surface area contributed by atoms with E-state index in [-0.39, 0.29) is 5.91 Å². The first-order chi connectivity index (χ1) is 10.7. The van der Waals surface area contributed by atoms with Crippen molar-refractivity contribution in [3.8, 4) is 0 Å². The molecule has 0 saturated carbocycles. The quantitative estimate of drug-likeness (QED) is 0.863. The fraction of sp³-hybridized carbons (Fsp3) is 0.500. The molecule has 2 saturated heterocycles. The van der Waals surface area contributed by atoms with Gasteiger partial charge in [-0.1, -0.05) is 6.07 Å². The van der Waals surface area contributed by atoms with Crippen molar-refractivity contribution in [2.75, 3.05) is 6.54 Å². The highest BCUT2D eigenvalue weighted by Crippen LogP contribution is 2.34. The number of hydrogen-bond donors (Lipinski definition) is 0. The molecule has 0 radical (unpaired) electrons. The summed E-state index contributed by atoms with van der Waals surface area (Å²) in [5.74, 6) is 0.288. The zero-order chi connectivity index (χ0) is 15.1. The Morgan fingerprint density at radius 2 is 2.23 bits per heavy atom. The Morgan fingerprint density at radius 3 is 2.95 bits per heavy atom.